The molecule has 6 nitrogen and oxygen atoms in total. The zero-order valence-electron chi connectivity index (χ0n) is 16.2. The highest BCUT2D eigenvalue weighted by Gasteiger charge is 2.29. The van der Waals surface area contributed by atoms with Crippen molar-refractivity contribution < 1.29 is 27.8 Å². The maximum absolute atomic E-state index is 12.7. The van der Waals surface area contributed by atoms with Gasteiger partial charge in [0.25, 0.3) is 5.91 Å². The molecule has 2 aromatic rings. The Hall–Kier alpha value is -2.87. The fourth-order valence-corrected chi connectivity index (χ4v) is 3.46. The Balaban J connectivity index is 1.66. The van der Waals surface area contributed by atoms with E-state index in [-0.39, 0.29) is 29.9 Å². The Labute approximate surface area is 177 Å². The number of hydrogen-bond acceptors (Lipinski definition) is 4. The van der Waals surface area contributed by atoms with Crippen LogP contribution in [0.25, 0.3) is 0 Å². The van der Waals surface area contributed by atoms with Gasteiger partial charge in [-0.2, -0.15) is 8.78 Å². The van der Waals surface area contributed by atoms with Crippen molar-refractivity contribution in [1.29, 1.82) is 0 Å². The molecular formula is C21H21ClF2N2O4. The van der Waals surface area contributed by atoms with Crippen LogP contribution < -0.4 is 14.8 Å². The number of carbonyl (C=O) groups is 2. The summed E-state index contributed by atoms with van der Waals surface area (Å²) in [4.78, 5) is 27.1. The van der Waals surface area contributed by atoms with Gasteiger partial charge in [0.05, 0.1) is 13.0 Å². The van der Waals surface area contributed by atoms with Gasteiger partial charge < -0.3 is 19.7 Å². The number of hydrogen-bond donors (Lipinski definition) is 1. The van der Waals surface area contributed by atoms with Crippen molar-refractivity contribution in [3.05, 3.63) is 53.1 Å². The summed E-state index contributed by atoms with van der Waals surface area (Å²) in [6.45, 7) is -2.19. The number of methoxy groups -OCH3 is 1. The molecule has 0 saturated carbocycles. The van der Waals surface area contributed by atoms with E-state index in [4.69, 9.17) is 16.3 Å². The van der Waals surface area contributed by atoms with Crippen LogP contribution in [0.3, 0.4) is 0 Å². The molecule has 1 aliphatic rings. The lowest BCUT2D eigenvalue weighted by molar-refractivity contribution is -0.121. The quantitative estimate of drug-likeness (QED) is 0.724. The molecule has 0 bridgehead atoms. The van der Waals surface area contributed by atoms with Crippen molar-refractivity contribution in [2.24, 2.45) is 5.92 Å². The SMILES string of the molecule is COc1ccc(NC(=O)C2CCCN(C(=O)c3ccc(Cl)cc3)C2)cc1OC(F)F. The van der Waals surface area contributed by atoms with Gasteiger partial charge in [-0.1, -0.05) is 11.6 Å². The van der Waals surface area contributed by atoms with Crippen LogP contribution in [0.2, 0.25) is 5.02 Å². The molecule has 1 heterocycles. The predicted molar refractivity (Wildman–Crippen MR) is 108 cm³/mol. The summed E-state index contributed by atoms with van der Waals surface area (Å²) in [5.74, 6) is -0.922. The van der Waals surface area contributed by atoms with Gasteiger partial charge in [0, 0.05) is 35.4 Å². The summed E-state index contributed by atoms with van der Waals surface area (Å²) in [6, 6.07) is 10.8. The molecule has 2 aromatic carbocycles. The first-order valence-corrected chi connectivity index (χ1v) is 9.73. The number of rotatable bonds is 6. The lowest BCUT2D eigenvalue weighted by Gasteiger charge is -2.32. The summed E-state index contributed by atoms with van der Waals surface area (Å²) in [5, 5.41) is 3.25. The van der Waals surface area contributed by atoms with Crippen molar-refractivity contribution >= 4 is 29.1 Å². The maximum Gasteiger partial charge on any atom is 0.387 e. The lowest BCUT2D eigenvalue weighted by atomic mass is 9.96. The molecule has 0 aliphatic carbocycles. The number of likely N-dealkylation sites (tertiary alicyclic amines) is 1. The second-order valence-electron chi connectivity index (χ2n) is 6.83. The van der Waals surface area contributed by atoms with E-state index in [0.717, 1.165) is 0 Å². The standard InChI is InChI=1S/C21H21ClF2N2O4/c1-29-17-9-8-16(11-18(17)30-21(23)24)25-19(27)14-3-2-10-26(12-14)20(28)13-4-6-15(22)7-5-13/h4-9,11,14,21H,2-3,10,12H2,1H3,(H,25,27). The molecule has 1 aliphatic heterocycles. The highest BCUT2D eigenvalue weighted by Crippen LogP contribution is 2.32. The van der Waals surface area contributed by atoms with Gasteiger partial charge in [0.1, 0.15) is 0 Å². The summed E-state index contributed by atoms with van der Waals surface area (Å²) >= 11 is 5.87. The first-order valence-electron chi connectivity index (χ1n) is 9.36. The first-order chi connectivity index (χ1) is 14.4. The number of ether oxygens (including phenoxy) is 2. The number of benzene rings is 2. The van der Waals surface area contributed by atoms with Crippen LogP contribution in [0, 0.1) is 5.92 Å². The Bertz CT molecular complexity index is 908. The molecule has 0 radical (unpaired) electrons. The van der Waals surface area contributed by atoms with Crippen LogP contribution in [0.15, 0.2) is 42.5 Å². The van der Waals surface area contributed by atoms with Crippen LogP contribution in [0.1, 0.15) is 23.2 Å². The van der Waals surface area contributed by atoms with Gasteiger partial charge in [0.15, 0.2) is 11.5 Å². The zero-order chi connectivity index (χ0) is 21.7. The summed E-state index contributed by atoms with van der Waals surface area (Å²) in [7, 11) is 1.33. The summed E-state index contributed by atoms with van der Waals surface area (Å²) in [6.07, 6.45) is 1.30. The van der Waals surface area contributed by atoms with Gasteiger partial charge in [-0.3, -0.25) is 9.59 Å². The number of nitrogens with zero attached hydrogens (tertiary/aromatic N) is 1. The maximum atomic E-state index is 12.7. The lowest BCUT2D eigenvalue weighted by Crippen LogP contribution is -2.43. The molecule has 160 valence electrons. The molecule has 1 N–H and O–H groups in total. The normalized spacial score (nSPS) is 16.3. The third-order valence-corrected chi connectivity index (χ3v) is 5.07. The molecule has 1 atom stereocenters. The van der Waals surface area contributed by atoms with Crippen LogP contribution in [-0.4, -0.2) is 43.5 Å². The van der Waals surface area contributed by atoms with Crippen LogP contribution in [-0.2, 0) is 4.79 Å². The number of alkyl halides is 2. The monoisotopic (exact) mass is 438 g/mol. The molecule has 3 rings (SSSR count). The van der Waals surface area contributed by atoms with E-state index in [9.17, 15) is 18.4 Å². The first kappa shape index (κ1) is 21.8. The minimum Gasteiger partial charge on any atom is -0.493 e. The van der Waals surface area contributed by atoms with E-state index < -0.39 is 12.5 Å². The number of anilines is 1. The number of piperidine rings is 1. The van der Waals surface area contributed by atoms with Crippen LogP contribution in [0.5, 0.6) is 11.5 Å². The fourth-order valence-electron chi connectivity index (χ4n) is 3.34. The van der Waals surface area contributed by atoms with Crippen molar-refractivity contribution in [2.75, 3.05) is 25.5 Å². The van der Waals surface area contributed by atoms with E-state index in [1.165, 1.54) is 25.3 Å². The molecule has 9 heteroatoms. The second kappa shape index (κ2) is 9.75. The average Bonchev–Trinajstić information content (AvgIpc) is 2.73. The molecule has 30 heavy (non-hydrogen) atoms. The summed E-state index contributed by atoms with van der Waals surface area (Å²) < 4.78 is 34.6. The average molecular weight is 439 g/mol. The molecule has 0 spiro atoms. The van der Waals surface area contributed by atoms with E-state index in [1.807, 2.05) is 0 Å². The van der Waals surface area contributed by atoms with E-state index in [1.54, 1.807) is 29.2 Å². The van der Waals surface area contributed by atoms with Gasteiger partial charge in [-0.15, -0.1) is 0 Å². The van der Waals surface area contributed by atoms with Gasteiger partial charge in [-0.05, 0) is 49.2 Å². The number of halogens is 3. The Morgan fingerprint density at radius 2 is 1.90 bits per heavy atom. The fraction of sp³-hybridized carbons (Fsp3) is 0.333. The largest absolute Gasteiger partial charge is 0.493 e. The van der Waals surface area contributed by atoms with Crippen LogP contribution >= 0.6 is 11.6 Å². The molecule has 2 amide bonds. The Morgan fingerprint density at radius 1 is 1.17 bits per heavy atom. The Morgan fingerprint density at radius 3 is 2.57 bits per heavy atom. The van der Waals surface area contributed by atoms with Gasteiger partial charge >= 0.3 is 6.61 Å². The number of amides is 2. The van der Waals surface area contributed by atoms with Gasteiger partial charge in [0.2, 0.25) is 5.91 Å². The van der Waals surface area contributed by atoms with Crippen molar-refractivity contribution in [1.82, 2.24) is 4.90 Å². The highest BCUT2D eigenvalue weighted by molar-refractivity contribution is 6.30. The van der Waals surface area contributed by atoms with Crippen molar-refractivity contribution in [3.63, 3.8) is 0 Å². The Kier molecular flexibility index (Phi) is 7.10. The highest BCUT2D eigenvalue weighted by atomic mass is 35.5. The smallest absolute Gasteiger partial charge is 0.387 e. The van der Waals surface area contributed by atoms with Crippen molar-refractivity contribution in [2.45, 2.75) is 19.5 Å². The molecule has 1 unspecified atom stereocenters. The predicted octanol–water partition coefficient (Wildman–Crippen LogP) is 4.44. The molecule has 0 aromatic heterocycles. The number of carbonyl (C=O) groups excluding carboxylic acids is 2. The number of nitrogens with one attached hydrogen (secondary N) is 1. The van der Waals surface area contributed by atoms with Crippen LogP contribution in [0.4, 0.5) is 14.5 Å². The van der Waals surface area contributed by atoms with E-state index in [0.29, 0.717) is 35.7 Å². The third kappa shape index (κ3) is 5.38. The molecule has 1 saturated heterocycles. The van der Waals surface area contributed by atoms with E-state index in [2.05, 4.69) is 10.1 Å². The second-order valence-corrected chi connectivity index (χ2v) is 7.27. The van der Waals surface area contributed by atoms with Crippen molar-refractivity contribution in [3.8, 4) is 11.5 Å². The zero-order valence-corrected chi connectivity index (χ0v) is 17.0. The summed E-state index contributed by atoms with van der Waals surface area (Å²) in [5.41, 5.74) is 0.807. The molecule has 1 fully saturated rings. The minimum atomic E-state index is -3.02. The minimum absolute atomic E-state index is 0.130. The topological polar surface area (TPSA) is 67.9 Å². The third-order valence-electron chi connectivity index (χ3n) is 4.82. The van der Waals surface area contributed by atoms with E-state index >= 15 is 0 Å². The van der Waals surface area contributed by atoms with Gasteiger partial charge in [-0.25, -0.2) is 0 Å². The molecular weight excluding hydrogens is 418 g/mol.